The van der Waals surface area contributed by atoms with Crippen LogP contribution in [-0.4, -0.2) is 47.8 Å². The normalized spacial score (nSPS) is 10.9. The number of nitrogens with zero attached hydrogens (tertiary/aromatic N) is 3. The van der Waals surface area contributed by atoms with E-state index in [1.807, 2.05) is 67.9 Å². The van der Waals surface area contributed by atoms with Gasteiger partial charge in [0.15, 0.2) is 0 Å². The quantitative estimate of drug-likeness (QED) is 0.385. The average molecular weight is 463 g/mol. The van der Waals surface area contributed by atoms with Gasteiger partial charge in [-0.25, -0.2) is 4.98 Å². The van der Waals surface area contributed by atoms with E-state index in [-0.39, 0.29) is 5.91 Å². The Bertz CT molecular complexity index is 1240. The molecule has 0 saturated heterocycles. The second-order valence-electron chi connectivity index (χ2n) is 7.54. The van der Waals surface area contributed by atoms with Crippen molar-refractivity contribution >= 4 is 17.2 Å². The van der Waals surface area contributed by atoms with Crippen molar-refractivity contribution in [2.24, 2.45) is 0 Å². The van der Waals surface area contributed by atoms with Crippen LogP contribution in [0.5, 0.6) is 5.75 Å². The Labute approximate surface area is 197 Å². The Morgan fingerprint density at radius 3 is 2.58 bits per heavy atom. The zero-order chi connectivity index (χ0) is 23.4. The van der Waals surface area contributed by atoms with E-state index in [1.165, 1.54) is 0 Å². The van der Waals surface area contributed by atoms with Crippen LogP contribution in [0, 0.1) is 13.8 Å². The topological polar surface area (TPSA) is 78.3 Å². The number of pyridine rings is 1. The summed E-state index contributed by atoms with van der Waals surface area (Å²) in [6, 6.07) is 13.6. The van der Waals surface area contributed by atoms with Crippen LogP contribution in [0.25, 0.3) is 27.6 Å². The molecule has 0 aliphatic rings. The Morgan fingerprint density at radius 1 is 1.12 bits per heavy atom. The standard InChI is InChI=1S/C25H26N4O3S/c1-16-5-6-18(14-27-16)25-28-22(15-33-25)23-13-21(24(30)26-11-12-31-3)17(2)29(23)19-7-9-20(32-4)10-8-19/h5-10,13-15H,11-12H2,1-4H3,(H,26,30). The number of amides is 1. The van der Waals surface area contributed by atoms with Crippen molar-refractivity contribution in [3.63, 3.8) is 0 Å². The third kappa shape index (κ3) is 4.81. The first-order chi connectivity index (χ1) is 16.0. The van der Waals surface area contributed by atoms with Gasteiger partial charge >= 0.3 is 0 Å². The molecule has 0 aliphatic heterocycles. The first-order valence-corrected chi connectivity index (χ1v) is 11.4. The number of aryl methyl sites for hydroxylation is 1. The molecule has 170 valence electrons. The van der Waals surface area contributed by atoms with Gasteiger partial charge in [-0.15, -0.1) is 11.3 Å². The van der Waals surface area contributed by atoms with Crippen LogP contribution in [-0.2, 0) is 4.74 Å². The largest absolute Gasteiger partial charge is 0.497 e. The first-order valence-electron chi connectivity index (χ1n) is 10.5. The van der Waals surface area contributed by atoms with Gasteiger partial charge in [0.25, 0.3) is 5.91 Å². The van der Waals surface area contributed by atoms with Gasteiger partial charge in [0.05, 0.1) is 30.7 Å². The molecule has 0 fully saturated rings. The number of rotatable bonds is 8. The number of benzene rings is 1. The minimum absolute atomic E-state index is 0.142. The maximum absolute atomic E-state index is 12.9. The van der Waals surface area contributed by atoms with E-state index in [0.29, 0.717) is 18.7 Å². The highest BCUT2D eigenvalue weighted by Gasteiger charge is 2.21. The van der Waals surface area contributed by atoms with E-state index in [0.717, 1.165) is 44.8 Å². The lowest BCUT2D eigenvalue weighted by Crippen LogP contribution is -2.27. The van der Waals surface area contributed by atoms with E-state index in [1.54, 1.807) is 25.6 Å². The Kier molecular flexibility index (Phi) is 6.86. The van der Waals surface area contributed by atoms with Crippen molar-refractivity contribution in [2.75, 3.05) is 27.4 Å². The molecular formula is C25H26N4O3S. The fourth-order valence-electron chi connectivity index (χ4n) is 3.57. The predicted molar refractivity (Wildman–Crippen MR) is 130 cm³/mol. The number of aromatic nitrogens is 3. The van der Waals surface area contributed by atoms with Crippen molar-refractivity contribution in [3.05, 3.63) is 71.0 Å². The van der Waals surface area contributed by atoms with Crippen molar-refractivity contribution in [2.45, 2.75) is 13.8 Å². The molecule has 33 heavy (non-hydrogen) atoms. The summed E-state index contributed by atoms with van der Waals surface area (Å²) in [5.41, 5.74) is 5.92. The van der Waals surface area contributed by atoms with Crippen molar-refractivity contribution in [1.82, 2.24) is 19.9 Å². The summed E-state index contributed by atoms with van der Waals surface area (Å²) in [6.07, 6.45) is 1.83. The summed E-state index contributed by atoms with van der Waals surface area (Å²) in [5, 5.41) is 5.80. The van der Waals surface area contributed by atoms with Crippen LogP contribution in [0.2, 0.25) is 0 Å². The molecule has 0 bridgehead atoms. The number of ether oxygens (including phenoxy) is 2. The predicted octanol–water partition coefficient (Wildman–Crippen LogP) is 4.66. The highest BCUT2D eigenvalue weighted by molar-refractivity contribution is 7.13. The molecule has 0 aliphatic carbocycles. The number of methoxy groups -OCH3 is 2. The summed E-state index contributed by atoms with van der Waals surface area (Å²) in [6.45, 7) is 4.80. The lowest BCUT2D eigenvalue weighted by atomic mass is 10.2. The van der Waals surface area contributed by atoms with Gasteiger partial charge in [-0.1, -0.05) is 0 Å². The van der Waals surface area contributed by atoms with E-state index >= 15 is 0 Å². The van der Waals surface area contributed by atoms with Crippen LogP contribution in [0.1, 0.15) is 21.7 Å². The smallest absolute Gasteiger partial charge is 0.253 e. The SMILES string of the molecule is COCCNC(=O)c1cc(-c2csc(-c3ccc(C)nc3)n2)n(-c2ccc(OC)cc2)c1C. The molecule has 3 heterocycles. The van der Waals surface area contributed by atoms with E-state index in [4.69, 9.17) is 14.5 Å². The maximum Gasteiger partial charge on any atom is 0.253 e. The Balaban J connectivity index is 1.78. The Hall–Kier alpha value is -3.49. The van der Waals surface area contributed by atoms with Gasteiger partial charge in [0, 0.05) is 47.9 Å². The van der Waals surface area contributed by atoms with Gasteiger partial charge in [-0.05, 0) is 56.3 Å². The van der Waals surface area contributed by atoms with Gasteiger partial charge in [-0.2, -0.15) is 0 Å². The third-order valence-electron chi connectivity index (χ3n) is 5.34. The number of carbonyl (C=O) groups is 1. The zero-order valence-electron chi connectivity index (χ0n) is 19.1. The van der Waals surface area contributed by atoms with Gasteiger partial charge in [0.1, 0.15) is 10.8 Å². The molecule has 0 atom stereocenters. The number of thiazole rings is 1. The third-order valence-corrected chi connectivity index (χ3v) is 6.23. The van der Waals surface area contributed by atoms with E-state index < -0.39 is 0 Å². The lowest BCUT2D eigenvalue weighted by molar-refractivity contribution is 0.0936. The molecule has 0 radical (unpaired) electrons. The molecule has 8 heteroatoms. The highest BCUT2D eigenvalue weighted by Crippen LogP contribution is 2.33. The van der Waals surface area contributed by atoms with E-state index in [2.05, 4.69) is 14.9 Å². The molecular weight excluding hydrogens is 436 g/mol. The zero-order valence-corrected chi connectivity index (χ0v) is 19.9. The summed E-state index contributed by atoms with van der Waals surface area (Å²) in [7, 11) is 3.25. The summed E-state index contributed by atoms with van der Waals surface area (Å²) in [5.74, 6) is 0.627. The summed E-state index contributed by atoms with van der Waals surface area (Å²) >= 11 is 1.55. The number of carbonyl (C=O) groups excluding carboxylic acids is 1. The summed E-state index contributed by atoms with van der Waals surface area (Å²) in [4.78, 5) is 22.2. The second kappa shape index (κ2) is 9.97. The van der Waals surface area contributed by atoms with Gasteiger partial charge in [0.2, 0.25) is 0 Å². The molecule has 0 unspecified atom stereocenters. The maximum atomic E-state index is 12.9. The van der Waals surface area contributed by atoms with Crippen LogP contribution in [0.4, 0.5) is 0 Å². The van der Waals surface area contributed by atoms with Crippen LogP contribution >= 0.6 is 11.3 Å². The second-order valence-corrected chi connectivity index (χ2v) is 8.40. The molecule has 7 nitrogen and oxygen atoms in total. The molecule has 0 spiro atoms. The number of hydrogen-bond donors (Lipinski definition) is 1. The van der Waals surface area contributed by atoms with Gasteiger partial charge < -0.3 is 19.4 Å². The minimum atomic E-state index is -0.142. The van der Waals surface area contributed by atoms with Crippen LogP contribution < -0.4 is 10.1 Å². The number of hydrogen-bond acceptors (Lipinski definition) is 6. The molecule has 4 rings (SSSR count). The van der Waals surface area contributed by atoms with E-state index in [9.17, 15) is 4.79 Å². The van der Waals surface area contributed by atoms with Gasteiger partial charge in [-0.3, -0.25) is 9.78 Å². The molecule has 4 aromatic rings. The molecule has 0 saturated carbocycles. The molecule has 1 amide bonds. The molecule has 1 aromatic carbocycles. The average Bonchev–Trinajstić information content (AvgIpc) is 3.45. The first kappa shape index (κ1) is 22.7. The highest BCUT2D eigenvalue weighted by atomic mass is 32.1. The van der Waals surface area contributed by atoms with Crippen molar-refractivity contribution in [3.8, 4) is 33.4 Å². The molecule has 1 N–H and O–H groups in total. The lowest BCUT2D eigenvalue weighted by Gasteiger charge is -2.12. The summed E-state index contributed by atoms with van der Waals surface area (Å²) < 4.78 is 12.4. The fraction of sp³-hybridized carbons (Fsp3) is 0.240. The van der Waals surface area contributed by atoms with Crippen LogP contribution in [0.3, 0.4) is 0 Å². The van der Waals surface area contributed by atoms with Crippen molar-refractivity contribution in [1.29, 1.82) is 0 Å². The monoisotopic (exact) mass is 462 g/mol. The Morgan fingerprint density at radius 2 is 1.91 bits per heavy atom. The minimum Gasteiger partial charge on any atom is -0.497 e. The molecule has 3 aromatic heterocycles. The van der Waals surface area contributed by atoms with Crippen molar-refractivity contribution < 1.29 is 14.3 Å². The fourth-order valence-corrected chi connectivity index (χ4v) is 4.37. The number of nitrogens with one attached hydrogen (secondary N) is 1. The van der Waals surface area contributed by atoms with Crippen LogP contribution in [0.15, 0.2) is 54.0 Å².